The summed E-state index contributed by atoms with van der Waals surface area (Å²) in [4.78, 5) is 0. The van der Waals surface area contributed by atoms with E-state index in [0.717, 1.165) is 24.0 Å². The number of piperidine rings is 1. The predicted octanol–water partition coefficient (Wildman–Crippen LogP) is 2.67. The summed E-state index contributed by atoms with van der Waals surface area (Å²) in [6.45, 7) is 4.98. The maximum Gasteiger partial charge on any atom is 0.236 e. The van der Waals surface area contributed by atoms with E-state index >= 15 is 0 Å². The average Bonchev–Trinajstić information content (AvgIpc) is 2.59. The van der Waals surface area contributed by atoms with Crippen LogP contribution in [0.3, 0.4) is 0 Å². The molecular weight excluding hydrogens is 326 g/mol. The summed E-state index contributed by atoms with van der Waals surface area (Å²) in [6, 6.07) is 7.79. The van der Waals surface area contributed by atoms with Crippen LogP contribution in [0.5, 0.6) is 0 Å². The van der Waals surface area contributed by atoms with E-state index in [-0.39, 0.29) is 0 Å². The lowest BCUT2D eigenvalue weighted by atomic mass is 9.99. The molecule has 24 heavy (non-hydrogen) atoms. The lowest BCUT2D eigenvalue weighted by molar-refractivity contribution is 0.0411. The number of benzene rings is 1. The molecule has 0 atom stereocenters. The zero-order valence-electron chi connectivity index (χ0n) is 14.5. The lowest BCUT2D eigenvalue weighted by Crippen LogP contribution is -2.38. The number of hydrogen-bond donors (Lipinski definition) is 0. The van der Waals surface area contributed by atoms with Crippen LogP contribution in [-0.4, -0.2) is 52.7 Å². The molecule has 1 aliphatic rings. The fourth-order valence-electron chi connectivity index (χ4n) is 2.65. The molecule has 0 bridgehead atoms. The van der Waals surface area contributed by atoms with Crippen LogP contribution in [0, 0.1) is 12.8 Å². The second kappa shape index (κ2) is 9.32. The van der Waals surface area contributed by atoms with E-state index in [1.165, 1.54) is 5.41 Å². The minimum absolute atomic E-state index is 0.425. The largest absolute Gasteiger partial charge is 0.382 e. The smallest absolute Gasteiger partial charge is 0.236 e. The van der Waals surface area contributed by atoms with Gasteiger partial charge in [0.2, 0.25) is 10.0 Å². The molecule has 1 aromatic rings. The van der Waals surface area contributed by atoms with Gasteiger partial charge < -0.3 is 9.47 Å². The fourth-order valence-corrected chi connectivity index (χ4v) is 3.87. The molecule has 1 heterocycles. The Morgan fingerprint density at radius 2 is 1.83 bits per heavy atom. The summed E-state index contributed by atoms with van der Waals surface area (Å²) in [5.41, 5.74) is 2.05. The highest BCUT2D eigenvalue weighted by Crippen LogP contribution is 2.21. The van der Waals surface area contributed by atoms with Gasteiger partial charge >= 0.3 is 0 Å². The SMILES string of the molecule is COCCOCC1CCN(S(=O)(=O)/C=C/c2ccc(C)cc2)CC1. The highest BCUT2D eigenvalue weighted by molar-refractivity contribution is 7.92. The van der Waals surface area contributed by atoms with Crippen LogP contribution < -0.4 is 0 Å². The van der Waals surface area contributed by atoms with Crippen molar-refractivity contribution in [2.24, 2.45) is 5.92 Å². The van der Waals surface area contributed by atoms with Gasteiger partial charge in [0.1, 0.15) is 0 Å². The summed E-state index contributed by atoms with van der Waals surface area (Å²) in [5.74, 6) is 0.425. The third kappa shape index (κ3) is 6.02. The van der Waals surface area contributed by atoms with Crippen molar-refractivity contribution in [3.05, 3.63) is 40.8 Å². The number of methoxy groups -OCH3 is 1. The van der Waals surface area contributed by atoms with Gasteiger partial charge in [-0.15, -0.1) is 0 Å². The Morgan fingerprint density at radius 3 is 2.46 bits per heavy atom. The van der Waals surface area contributed by atoms with Crippen molar-refractivity contribution in [1.82, 2.24) is 4.31 Å². The lowest BCUT2D eigenvalue weighted by Gasteiger charge is -2.30. The third-order valence-corrected chi connectivity index (χ3v) is 5.79. The van der Waals surface area contributed by atoms with Crippen molar-refractivity contribution < 1.29 is 17.9 Å². The van der Waals surface area contributed by atoms with E-state index in [1.54, 1.807) is 17.5 Å². The minimum atomic E-state index is -3.35. The Kier molecular flexibility index (Phi) is 7.42. The topological polar surface area (TPSA) is 55.8 Å². The summed E-state index contributed by atoms with van der Waals surface area (Å²) < 4.78 is 36.9. The number of ether oxygens (including phenoxy) is 2. The van der Waals surface area contributed by atoms with Crippen LogP contribution in [0.15, 0.2) is 29.7 Å². The van der Waals surface area contributed by atoms with Gasteiger partial charge in [-0.1, -0.05) is 29.8 Å². The van der Waals surface area contributed by atoms with Crippen molar-refractivity contribution in [1.29, 1.82) is 0 Å². The second-order valence-electron chi connectivity index (χ2n) is 6.17. The summed E-state index contributed by atoms with van der Waals surface area (Å²) in [6.07, 6.45) is 3.34. The Hall–Kier alpha value is -1.21. The van der Waals surface area contributed by atoms with Gasteiger partial charge in [0.15, 0.2) is 0 Å². The molecule has 1 saturated heterocycles. The number of hydrogen-bond acceptors (Lipinski definition) is 4. The molecule has 0 aromatic heterocycles. The van der Waals surface area contributed by atoms with Crippen LogP contribution in [0.2, 0.25) is 0 Å². The molecule has 5 nitrogen and oxygen atoms in total. The quantitative estimate of drug-likeness (QED) is 0.674. The van der Waals surface area contributed by atoms with Crippen LogP contribution in [0.1, 0.15) is 24.0 Å². The van der Waals surface area contributed by atoms with Gasteiger partial charge in [-0.25, -0.2) is 8.42 Å². The van der Waals surface area contributed by atoms with Gasteiger partial charge in [-0.3, -0.25) is 0 Å². The highest BCUT2D eigenvalue weighted by Gasteiger charge is 2.26. The van der Waals surface area contributed by atoms with Crippen LogP contribution in [0.25, 0.3) is 6.08 Å². The normalized spacial score (nSPS) is 17.6. The Balaban J connectivity index is 1.82. The van der Waals surface area contributed by atoms with Gasteiger partial charge in [0.25, 0.3) is 0 Å². The Labute approximate surface area is 145 Å². The van der Waals surface area contributed by atoms with Crippen LogP contribution in [0.4, 0.5) is 0 Å². The zero-order valence-corrected chi connectivity index (χ0v) is 15.3. The first-order valence-electron chi connectivity index (χ1n) is 8.33. The number of sulfonamides is 1. The maximum atomic E-state index is 12.4. The van der Waals surface area contributed by atoms with Crippen LogP contribution >= 0.6 is 0 Å². The van der Waals surface area contributed by atoms with Gasteiger partial charge in [-0.2, -0.15) is 4.31 Å². The molecule has 0 spiro atoms. The zero-order chi connectivity index (χ0) is 17.4. The summed E-state index contributed by atoms with van der Waals surface area (Å²) in [5, 5.41) is 1.31. The molecule has 2 rings (SSSR count). The molecule has 1 aromatic carbocycles. The predicted molar refractivity (Wildman–Crippen MR) is 96.1 cm³/mol. The Morgan fingerprint density at radius 1 is 1.17 bits per heavy atom. The standard InChI is InChI=1S/C18H27NO4S/c1-16-3-5-17(6-4-16)9-14-24(20,21)19-10-7-18(8-11-19)15-23-13-12-22-2/h3-6,9,14,18H,7-8,10-13,15H2,1-2H3/b14-9+. The van der Waals surface area contributed by atoms with Gasteiger partial charge in [0.05, 0.1) is 13.2 Å². The molecule has 0 aliphatic carbocycles. The first kappa shape index (κ1) is 19.1. The number of rotatable bonds is 8. The third-order valence-electron chi connectivity index (χ3n) is 4.23. The second-order valence-corrected chi connectivity index (χ2v) is 7.99. The minimum Gasteiger partial charge on any atom is -0.382 e. The van der Waals surface area contributed by atoms with E-state index < -0.39 is 10.0 Å². The van der Waals surface area contributed by atoms with E-state index in [4.69, 9.17) is 9.47 Å². The molecule has 6 heteroatoms. The van der Waals surface area contributed by atoms with E-state index in [9.17, 15) is 8.42 Å². The molecule has 0 radical (unpaired) electrons. The average molecular weight is 353 g/mol. The van der Waals surface area contributed by atoms with Crippen molar-refractivity contribution >= 4 is 16.1 Å². The van der Waals surface area contributed by atoms with E-state index in [0.29, 0.717) is 38.8 Å². The molecule has 0 unspecified atom stereocenters. The summed E-state index contributed by atoms with van der Waals surface area (Å²) in [7, 11) is -1.70. The molecular formula is C18H27NO4S. The van der Waals surface area contributed by atoms with Crippen molar-refractivity contribution in [3.63, 3.8) is 0 Å². The first-order valence-corrected chi connectivity index (χ1v) is 9.83. The van der Waals surface area contributed by atoms with E-state index in [2.05, 4.69) is 0 Å². The molecule has 1 aliphatic heterocycles. The fraction of sp³-hybridized carbons (Fsp3) is 0.556. The van der Waals surface area contributed by atoms with Crippen molar-refractivity contribution in [2.45, 2.75) is 19.8 Å². The maximum absolute atomic E-state index is 12.4. The van der Waals surface area contributed by atoms with E-state index in [1.807, 2.05) is 31.2 Å². The molecule has 0 N–H and O–H groups in total. The van der Waals surface area contributed by atoms with Gasteiger partial charge in [-0.05, 0) is 37.3 Å². The summed E-state index contributed by atoms with van der Waals surface area (Å²) >= 11 is 0. The van der Waals surface area contributed by atoms with Gasteiger partial charge in [0, 0.05) is 32.2 Å². The van der Waals surface area contributed by atoms with Crippen LogP contribution in [-0.2, 0) is 19.5 Å². The highest BCUT2D eigenvalue weighted by atomic mass is 32.2. The first-order chi connectivity index (χ1) is 11.5. The van der Waals surface area contributed by atoms with Crippen molar-refractivity contribution in [2.75, 3.05) is 40.0 Å². The molecule has 1 fully saturated rings. The number of nitrogens with zero attached hydrogens (tertiary/aromatic N) is 1. The molecule has 0 amide bonds. The monoisotopic (exact) mass is 353 g/mol. The number of aryl methyl sites for hydroxylation is 1. The molecule has 0 saturated carbocycles. The van der Waals surface area contributed by atoms with Crippen molar-refractivity contribution in [3.8, 4) is 0 Å². The Bertz CT molecular complexity index is 617. The molecule has 134 valence electrons.